The van der Waals surface area contributed by atoms with Crippen LogP contribution >= 0.6 is 23.1 Å². The van der Waals surface area contributed by atoms with Gasteiger partial charge < -0.3 is 10.3 Å². The number of hydrogen-bond acceptors (Lipinski definition) is 8. The molecule has 0 aliphatic heterocycles. The molecule has 0 saturated heterocycles. The van der Waals surface area contributed by atoms with Gasteiger partial charge >= 0.3 is 0 Å². The molecule has 0 bridgehead atoms. The molecule has 0 amide bonds. The fourth-order valence-electron chi connectivity index (χ4n) is 1.67. The van der Waals surface area contributed by atoms with Crippen LogP contribution in [-0.4, -0.2) is 20.1 Å². The second kappa shape index (κ2) is 5.27. The summed E-state index contributed by atoms with van der Waals surface area (Å²) in [6.07, 6.45) is 0. The summed E-state index contributed by atoms with van der Waals surface area (Å²) in [5.74, 6) is 2.33. The van der Waals surface area contributed by atoms with Gasteiger partial charge in [0.2, 0.25) is 5.89 Å². The summed E-state index contributed by atoms with van der Waals surface area (Å²) in [7, 11) is 0. The molecule has 8 heteroatoms. The van der Waals surface area contributed by atoms with Crippen LogP contribution < -0.4 is 5.73 Å². The smallest absolute Gasteiger partial charge is 0.232 e. The monoisotopic (exact) mass is 321 g/mol. The molecule has 2 N–H and O–H groups in total. The fraction of sp³-hybridized carbons (Fsp3) is 0.385. The summed E-state index contributed by atoms with van der Waals surface area (Å²) < 4.78 is 5.26. The van der Waals surface area contributed by atoms with Crippen molar-refractivity contribution in [2.75, 3.05) is 5.73 Å². The van der Waals surface area contributed by atoms with Crippen LogP contribution in [0.2, 0.25) is 0 Å². The third kappa shape index (κ3) is 3.01. The second-order valence-corrected chi connectivity index (χ2v) is 7.42. The molecule has 0 saturated carbocycles. The van der Waals surface area contributed by atoms with Crippen molar-refractivity contribution in [1.29, 1.82) is 0 Å². The van der Waals surface area contributed by atoms with Gasteiger partial charge in [-0.15, -0.1) is 11.3 Å². The number of hydrogen-bond donors (Lipinski definition) is 1. The zero-order valence-corrected chi connectivity index (χ0v) is 13.6. The van der Waals surface area contributed by atoms with Crippen LogP contribution in [0.3, 0.4) is 0 Å². The van der Waals surface area contributed by atoms with Gasteiger partial charge in [-0.1, -0.05) is 37.7 Å². The Morgan fingerprint density at radius 3 is 2.81 bits per heavy atom. The van der Waals surface area contributed by atoms with Crippen LogP contribution in [0.15, 0.2) is 21.1 Å². The zero-order valence-electron chi connectivity index (χ0n) is 12.0. The van der Waals surface area contributed by atoms with E-state index in [0.29, 0.717) is 28.4 Å². The Morgan fingerprint density at radius 1 is 1.29 bits per heavy atom. The van der Waals surface area contributed by atoms with Crippen molar-refractivity contribution in [3.8, 4) is 0 Å². The number of thiophene rings is 1. The minimum atomic E-state index is -0.146. The molecule has 3 rings (SSSR count). The number of anilines is 1. The van der Waals surface area contributed by atoms with E-state index in [9.17, 15) is 0 Å². The molecule has 3 aromatic rings. The van der Waals surface area contributed by atoms with E-state index in [1.54, 1.807) is 11.3 Å². The minimum Gasteiger partial charge on any atom is -0.383 e. The van der Waals surface area contributed by atoms with E-state index in [-0.39, 0.29) is 5.41 Å². The number of fused-ring (bicyclic) bond motifs is 1. The van der Waals surface area contributed by atoms with Crippen molar-refractivity contribution in [3.05, 3.63) is 23.2 Å². The summed E-state index contributed by atoms with van der Waals surface area (Å²) >= 11 is 3.00. The highest BCUT2D eigenvalue weighted by Gasteiger charge is 2.21. The average Bonchev–Trinajstić information content (AvgIpc) is 3.04. The first kappa shape index (κ1) is 14.3. The molecule has 0 fully saturated rings. The Bertz CT molecular complexity index is 774. The molecule has 0 radical (unpaired) electrons. The van der Waals surface area contributed by atoms with Gasteiger partial charge in [-0.2, -0.15) is 4.98 Å². The van der Waals surface area contributed by atoms with E-state index in [0.717, 1.165) is 10.2 Å². The van der Waals surface area contributed by atoms with Crippen molar-refractivity contribution in [2.24, 2.45) is 0 Å². The van der Waals surface area contributed by atoms with Crippen LogP contribution in [0, 0.1) is 0 Å². The molecule has 21 heavy (non-hydrogen) atoms. The van der Waals surface area contributed by atoms with Crippen LogP contribution in [0.5, 0.6) is 0 Å². The SMILES string of the molecule is CC(C)(C)c1nc(CSc2nc(N)c3ccsc3n2)no1. The van der Waals surface area contributed by atoms with Crippen molar-refractivity contribution in [3.63, 3.8) is 0 Å². The molecule has 110 valence electrons. The lowest BCUT2D eigenvalue weighted by atomic mass is 9.97. The summed E-state index contributed by atoms with van der Waals surface area (Å²) in [4.78, 5) is 14.1. The average molecular weight is 321 g/mol. The molecule has 3 aromatic heterocycles. The molecular formula is C13H15N5OS2. The maximum Gasteiger partial charge on any atom is 0.232 e. The quantitative estimate of drug-likeness (QED) is 0.585. The van der Waals surface area contributed by atoms with Crippen LogP contribution in [-0.2, 0) is 11.2 Å². The van der Waals surface area contributed by atoms with Gasteiger partial charge in [0.05, 0.1) is 11.1 Å². The highest BCUT2D eigenvalue weighted by atomic mass is 32.2. The molecule has 0 aromatic carbocycles. The Labute approximate surface area is 130 Å². The van der Waals surface area contributed by atoms with Gasteiger partial charge in [0.25, 0.3) is 0 Å². The summed E-state index contributed by atoms with van der Waals surface area (Å²) in [6, 6.07) is 1.93. The molecule has 0 unspecified atom stereocenters. The first-order valence-corrected chi connectivity index (χ1v) is 8.26. The highest BCUT2D eigenvalue weighted by Crippen LogP contribution is 2.28. The summed E-state index contributed by atoms with van der Waals surface area (Å²) in [5.41, 5.74) is 5.78. The third-order valence-corrected chi connectivity index (χ3v) is 4.42. The minimum absolute atomic E-state index is 0.146. The number of nitrogens with two attached hydrogens (primary N) is 1. The number of nitrogens with zero attached hydrogens (tertiary/aromatic N) is 4. The van der Waals surface area contributed by atoms with Gasteiger partial charge in [0, 0.05) is 5.41 Å². The Morgan fingerprint density at radius 2 is 2.10 bits per heavy atom. The van der Waals surface area contributed by atoms with E-state index in [4.69, 9.17) is 10.3 Å². The van der Waals surface area contributed by atoms with Crippen molar-refractivity contribution < 1.29 is 4.52 Å². The molecular weight excluding hydrogens is 306 g/mol. The van der Waals surface area contributed by atoms with Crippen molar-refractivity contribution in [1.82, 2.24) is 20.1 Å². The number of rotatable bonds is 3. The molecule has 6 nitrogen and oxygen atoms in total. The maximum absolute atomic E-state index is 5.92. The normalized spacial score (nSPS) is 12.1. The lowest BCUT2D eigenvalue weighted by molar-refractivity contribution is 0.319. The van der Waals surface area contributed by atoms with Crippen LogP contribution in [0.25, 0.3) is 10.2 Å². The van der Waals surface area contributed by atoms with Gasteiger partial charge in [0.15, 0.2) is 11.0 Å². The largest absolute Gasteiger partial charge is 0.383 e. The molecule has 0 aliphatic rings. The molecule has 0 spiro atoms. The van der Waals surface area contributed by atoms with Crippen LogP contribution in [0.1, 0.15) is 32.5 Å². The lowest BCUT2D eigenvalue weighted by Gasteiger charge is -2.10. The van der Waals surface area contributed by atoms with Gasteiger partial charge in [-0.25, -0.2) is 9.97 Å². The fourth-order valence-corrected chi connectivity index (χ4v) is 3.19. The highest BCUT2D eigenvalue weighted by molar-refractivity contribution is 7.98. The number of nitrogen functional groups attached to an aromatic ring is 1. The Kier molecular flexibility index (Phi) is 3.58. The van der Waals surface area contributed by atoms with E-state index < -0.39 is 0 Å². The Balaban J connectivity index is 1.75. The Hall–Kier alpha value is -1.67. The number of aromatic nitrogens is 4. The molecule has 0 atom stereocenters. The maximum atomic E-state index is 5.92. The van der Waals surface area contributed by atoms with Gasteiger partial charge in [-0.3, -0.25) is 0 Å². The number of thioether (sulfide) groups is 1. The van der Waals surface area contributed by atoms with E-state index in [2.05, 4.69) is 20.1 Å². The molecule has 3 heterocycles. The zero-order chi connectivity index (χ0) is 15.0. The van der Waals surface area contributed by atoms with Crippen molar-refractivity contribution in [2.45, 2.75) is 37.1 Å². The predicted octanol–water partition coefficient (Wildman–Crippen LogP) is 3.25. The summed E-state index contributed by atoms with van der Waals surface area (Å²) in [5, 5.41) is 7.47. The molecule has 0 aliphatic carbocycles. The van der Waals surface area contributed by atoms with Gasteiger partial charge in [0.1, 0.15) is 10.6 Å². The first-order chi connectivity index (χ1) is 9.93. The standard InChI is InChI=1S/C13H15N5OS2/c1-13(2,3)11-15-8(18-19-11)6-21-12-16-9(14)7-4-5-20-10(7)17-12/h4-5H,6H2,1-3H3,(H2,14,16,17). The van der Waals surface area contributed by atoms with Gasteiger partial charge in [-0.05, 0) is 11.4 Å². The van der Waals surface area contributed by atoms with E-state index >= 15 is 0 Å². The first-order valence-electron chi connectivity index (χ1n) is 6.40. The third-order valence-electron chi connectivity index (χ3n) is 2.77. The van der Waals surface area contributed by atoms with E-state index in [1.807, 2.05) is 32.2 Å². The lowest BCUT2D eigenvalue weighted by Crippen LogP contribution is -2.11. The topological polar surface area (TPSA) is 90.7 Å². The summed E-state index contributed by atoms with van der Waals surface area (Å²) in [6.45, 7) is 6.10. The second-order valence-electron chi connectivity index (χ2n) is 5.59. The van der Waals surface area contributed by atoms with E-state index in [1.165, 1.54) is 11.8 Å². The predicted molar refractivity (Wildman–Crippen MR) is 84.4 cm³/mol. The van der Waals surface area contributed by atoms with Crippen molar-refractivity contribution >= 4 is 39.1 Å². The van der Waals surface area contributed by atoms with Crippen LogP contribution in [0.4, 0.5) is 5.82 Å².